The lowest BCUT2D eigenvalue weighted by Gasteiger charge is -2.09. The molecule has 0 spiro atoms. The molecule has 1 fully saturated rings. The van der Waals surface area contributed by atoms with Crippen LogP contribution in [0.3, 0.4) is 0 Å². The summed E-state index contributed by atoms with van der Waals surface area (Å²) in [6.45, 7) is 1.81. The fourth-order valence-electron chi connectivity index (χ4n) is 1.42. The Balaban J connectivity index is 1.87. The molecule has 0 radical (unpaired) electrons. The Kier molecular flexibility index (Phi) is 2.97. The van der Waals surface area contributed by atoms with Gasteiger partial charge in [-0.25, -0.2) is 4.98 Å². The van der Waals surface area contributed by atoms with E-state index >= 15 is 0 Å². The van der Waals surface area contributed by atoms with Gasteiger partial charge in [0.05, 0.1) is 0 Å². The number of hydrogen-bond acceptors (Lipinski definition) is 5. The van der Waals surface area contributed by atoms with E-state index in [0.29, 0.717) is 17.4 Å². The Morgan fingerprint density at radius 2 is 2.40 bits per heavy atom. The van der Waals surface area contributed by atoms with Gasteiger partial charge in [-0.15, -0.1) is 0 Å². The highest BCUT2D eigenvalue weighted by atomic mass is 32.1. The van der Waals surface area contributed by atoms with Gasteiger partial charge in [0.1, 0.15) is 5.82 Å². The third-order valence-corrected chi connectivity index (χ3v) is 3.99. The molecule has 1 amide bonds. The van der Waals surface area contributed by atoms with E-state index in [9.17, 15) is 4.79 Å². The smallest absolute Gasteiger partial charge is 0.226 e. The van der Waals surface area contributed by atoms with Crippen molar-refractivity contribution in [2.45, 2.75) is 26.2 Å². The molecule has 1 heterocycles. The van der Waals surface area contributed by atoms with Crippen LogP contribution in [-0.4, -0.2) is 21.0 Å². The van der Waals surface area contributed by atoms with Crippen molar-refractivity contribution in [1.82, 2.24) is 9.36 Å². The Labute approximate surface area is 98.1 Å². The number of carbonyl (C=O) groups is 1. The van der Waals surface area contributed by atoms with Gasteiger partial charge in [-0.05, 0) is 30.9 Å². The van der Waals surface area contributed by atoms with Crippen molar-refractivity contribution in [2.24, 2.45) is 5.41 Å². The van der Waals surface area contributed by atoms with Crippen molar-refractivity contribution >= 4 is 35.2 Å². The standard InChI is InChI=1S/C9H13N3OS2/c1-6-10-8(15-12-6)11-7(13)4-9(5-14)2-3-9/h14H,2-5H2,1H3,(H,10,11,12,13). The minimum Gasteiger partial charge on any atom is -0.301 e. The number of anilines is 1. The molecule has 1 saturated carbocycles. The van der Waals surface area contributed by atoms with Gasteiger partial charge in [0, 0.05) is 18.0 Å². The summed E-state index contributed by atoms with van der Waals surface area (Å²) >= 11 is 5.48. The van der Waals surface area contributed by atoms with Gasteiger partial charge >= 0.3 is 0 Å². The monoisotopic (exact) mass is 243 g/mol. The van der Waals surface area contributed by atoms with E-state index in [4.69, 9.17) is 0 Å². The maximum Gasteiger partial charge on any atom is 0.226 e. The van der Waals surface area contributed by atoms with Crippen molar-refractivity contribution in [1.29, 1.82) is 0 Å². The van der Waals surface area contributed by atoms with Gasteiger partial charge in [0.15, 0.2) is 0 Å². The summed E-state index contributed by atoms with van der Waals surface area (Å²) in [6, 6.07) is 0. The third-order valence-electron chi connectivity index (χ3n) is 2.60. The van der Waals surface area contributed by atoms with Gasteiger partial charge < -0.3 is 5.32 Å². The predicted molar refractivity (Wildman–Crippen MR) is 63.4 cm³/mol. The van der Waals surface area contributed by atoms with Crippen LogP contribution < -0.4 is 5.32 Å². The molecule has 0 aromatic carbocycles. The van der Waals surface area contributed by atoms with Crippen LogP contribution in [0, 0.1) is 12.3 Å². The van der Waals surface area contributed by atoms with E-state index < -0.39 is 0 Å². The number of carbonyl (C=O) groups excluding carboxylic acids is 1. The molecule has 4 nitrogen and oxygen atoms in total. The number of thiol groups is 1. The van der Waals surface area contributed by atoms with Crippen LogP contribution in [0.5, 0.6) is 0 Å². The molecule has 82 valence electrons. The van der Waals surface area contributed by atoms with Crippen LogP contribution >= 0.6 is 24.2 Å². The van der Waals surface area contributed by atoms with Crippen LogP contribution in [0.1, 0.15) is 25.1 Å². The summed E-state index contributed by atoms with van der Waals surface area (Å²) in [5, 5.41) is 3.36. The minimum atomic E-state index is 0.0256. The van der Waals surface area contributed by atoms with Gasteiger partial charge in [-0.1, -0.05) is 0 Å². The summed E-state index contributed by atoms with van der Waals surface area (Å²) < 4.78 is 4.00. The Hall–Kier alpha value is -0.620. The second-order valence-electron chi connectivity index (χ2n) is 4.03. The number of nitrogens with zero attached hydrogens (tertiary/aromatic N) is 2. The molecule has 15 heavy (non-hydrogen) atoms. The van der Waals surface area contributed by atoms with Crippen LogP contribution in [0.15, 0.2) is 0 Å². The molecule has 1 aliphatic rings. The summed E-state index contributed by atoms with van der Waals surface area (Å²) in [4.78, 5) is 15.7. The zero-order chi connectivity index (χ0) is 10.9. The number of hydrogen-bond donors (Lipinski definition) is 2. The van der Waals surface area contributed by atoms with Crippen molar-refractivity contribution in [3.8, 4) is 0 Å². The lowest BCUT2D eigenvalue weighted by Crippen LogP contribution is -2.18. The van der Waals surface area contributed by atoms with E-state index in [1.165, 1.54) is 11.5 Å². The summed E-state index contributed by atoms with van der Waals surface area (Å²) in [5.41, 5.74) is 0.160. The number of nitrogens with one attached hydrogen (secondary N) is 1. The molecule has 1 N–H and O–H groups in total. The highest BCUT2D eigenvalue weighted by Crippen LogP contribution is 2.49. The average Bonchev–Trinajstić information content (AvgIpc) is 2.84. The molecular weight excluding hydrogens is 230 g/mol. The summed E-state index contributed by atoms with van der Waals surface area (Å²) in [5.74, 6) is 1.51. The molecule has 0 unspecified atom stereocenters. The molecule has 1 aliphatic carbocycles. The first-order valence-corrected chi connectivity index (χ1v) is 6.25. The zero-order valence-electron chi connectivity index (χ0n) is 8.49. The first-order chi connectivity index (χ1) is 7.13. The van der Waals surface area contributed by atoms with Gasteiger partial charge in [-0.2, -0.15) is 17.0 Å². The lowest BCUT2D eigenvalue weighted by molar-refractivity contribution is -0.117. The first-order valence-electron chi connectivity index (χ1n) is 4.85. The van der Waals surface area contributed by atoms with Crippen molar-refractivity contribution in [2.75, 3.05) is 11.1 Å². The number of amides is 1. The van der Waals surface area contributed by atoms with Gasteiger partial charge in [0.2, 0.25) is 11.0 Å². The molecule has 0 aliphatic heterocycles. The third kappa shape index (κ3) is 2.69. The Morgan fingerprint density at radius 1 is 1.67 bits per heavy atom. The minimum absolute atomic E-state index is 0.0256. The normalized spacial score (nSPS) is 17.5. The Bertz CT molecular complexity index is 373. The summed E-state index contributed by atoms with van der Waals surface area (Å²) in [6.07, 6.45) is 2.77. The molecule has 1 aromatic heterocycles. The number of aromatic nitrogens is 2. The van der Waals surface area contributed by atoms with E-state index in [2.05, 4.69) is 27.3 Å². The predicted octanol–water partition coefficient (Wildman–Crippen LogP) is 1.89. The molecule has 6 heteroatoms. The van der Waals surface area contributed by atoms with Crippen molar-refractivity contribution in [3.05, 3.63) is 5.82 Å². The van der Waals surface area contributed by atoms with E-state index in [1.807, 2.05) is 6.92 Å². The van der Waals surface area contributed by atoms with Gasteiger partial charge in [0.25, 0.3) is 0 Å². The fraction of sp³-hybridized carbons (Fsp3) is 0.667. The second kappa shape index (κ2) is 4.09. The SMILES string of the molecule is Cc1nsc(NC(=O)CC2(CS)CC2)n1. The van der Waals surface area contributed by atoms with Crippen molar-refractivity contribution < 1.29 is 4.79 Å². The fourth-order valence-corrected chi connectivity index (χ4v) is 2.44. The van der Waals surface area contributed by atoms with Crippen LogP contribution in [0.4, 0.5) is 5.13 Å². The van der Waals surface area contributed by atoms with Crippen LogP contribution in [0.25, 0.3) is 0 Å². The Morgan fingerprint density at radius 3 is 2.87 bits per heavy atom. The lowest BCUT2D eigenvalue weighted by atomic mass is 10.1. The maximum atomic E-state index is 11.6. The van der Waals surface area contributed by atoms with E-state index in [1.54, 1.807) is 0 Å². The molecule has 0 bridgehead atoms. The van der Waals surface area contributed by atoms with Crippen LogP contribution in [0.2, 0.25) is 0 Å². The van der Waals surface area contributed by atoms with E-state index in [-0.39, 0.29) is 11.3 Å². The van der Waals surface area contributed by atoms with Gasteiger partial charge in [-0.3, -0.25) is 4.79 Å². The molecule has 1 aromatic rings. The molecule has 0 atom stereocenters. The zero-order valence-corrected chi connectivity index (χ0v) is 10.2. The average molecular weight is 243 g/mol. The van der Waals surface area contributed by atoms with Crippen LogP contribution in [-0.2, 0) is 4.79 Å². The molecule has 0 saturated heterocycles. The topological polar surface area (TPSA) is 54.9 Å². The molecule has 2 rings (SSSR count). The van der Waals surface area contributed by atoms with Crippen molar-refractivity contribution in [3.63, 3.8) is 0 Å². The number of aryl methyl sites for hydroxylation is 1. The summed E-state index contributed by atoms with van der Waals surface area (Å²) in [7, 11) is 0. The highest BCUT2D eigenvalue weighted by Gasteiger charge is 2.42. The first kappa shape index (κ1) is 10.9. The second-order valence-corrected chi connectivity index (χ2v) is 5.10. The highest BCUT2D eigenvalue weighted by molar-refractivity contribution is 7.80. The number of rotatable bonds is 4. The largest absolute Gasteiger partial charge is 0.301 e. The molecular formula is C9H13N3OS2. The maximum absolute atomic E-state index is 11.6. The van der Waals surface area contributed by atoms with E-state index in [0.717, 1.165) is 18.6 Å². The quantitative estimate of drug-likeness (QED) is 0.794.